The second-order valence-electron chi connectivity index (χ2n) is 3.61. The van der Waals surface area contributed by atoms with Crippen LogP contribution in [0.5, 0.6) is 0 Å². The first-order valence-corrected chi connectivity index (χ1v) is 6.88. The lowest BCUT2D eigenvalue weighted by atomic mass is 10.3. The number of sulfone groups is 1. The van der Waals surface area contributed by atoms with Crippen molar-refractivity contribution in [2.75, 3.05) is 6.54 Å². The van der Waals surface area contributed by atoms with Crippen molar-refractivity contribution in [2.45, 2.75) is 22.7 Å². The van der Waals surface area contributed by atoms with Gasteiger partial charge in [-0.3, -0.25) is 0 Å². The second-order valence-corrected chi connectivity index (χ2v) is 6.18. The predicted octanol–water partition coefficient (Wildman–Crippen LogP) is 2.39. The monoisotopic (exact) mass is 301 g/mol. The van der Waals surface area contributed by atoms with E-state index in [2.05, 4.69) is 0 Å². The molecule has 18 heavy (non-hydrogen) atoms. The molecule has 0 aliphatic heterocycles. The van der Waals surface area contributed by atoms with Crippen LogP contribution in [0.1, 0.15) is 6.42 Å². The maximum Gasteiger partial charge on any atom is 0.405 e. The summed E-state index contributed by atoms with van der Waals surface area (Å²) in [5.41, 5.74) is 5.04. The van der Waals surface area contributed by atoms with Crippen LogP contribution in [0.4, 0.5) is 13.2 Å². The molecule has 1 aromatic carbocycles. The molecule has 0 saturated heterocycles. The van der Waals surface area contributed by atoms with Crippen molar-refractivity contribution >= 4 is 21.4 Å². The Hall–Kier alpha value is -0.790. The van der Waals surface area contributed by atoms with Crippen LogP contribution >= 0.6 is 11.6 Å². The Labute approximate surface area is 108 Å². The first kappa shape index (κ1) is 15.3. The highest BCUT2D eigenvalue weighted by Gasteiger charge is 2.48. The molecule has 0 bridgehead atoms. The average molecular weight is 302 g/mol. The number of alkyl halides is 3. The Morgan fingerprint density at radius 3 is 2.39 bits per heavy atom. The minimum atomic E-state index is -4.86. The van der Waals surface area contributed by atoms with E-state index in [4.69, 9.17) is 17.3 Å². The number of benzene rings is 1. The van der Waals surface area contributed by atoms with Gasteiger partial charge in [0.25, 0.3) is 0 Å². The lowest BCUT2D eigenvalue weighted by Gasteiger charge is -2.20. The molecule has 1 atom stereocenters. The van der Waals surface area contributed by atoms with Crippen molar-refractivity contribution in [1.29, 1.82) is 0 Å². The highest BCUT2D eigenvalue weighted by Crippen LogP contribution is 2.32. The average Bonchev–Trinajstić information content (AvgIpc) is 2.24. The summed E-state index contributed by atoms with van der Waals surface area (Å²) in [6, 6.07) is 4.74. The molecule has 8 heteroatoms. The molecule has 3 nitrogen and oxygen atoms in total. The van der Waals surface area contributed by atoms with Gasteiger partial charge in [0, 0.05) is 5.02 Å². The van der Waals surface area contributed by atoms with Gasteiger partial charge in [0.2, 0.25) is 0 Å². The van der Waals surface area contributed by atoms with E-state index in [1.165, 1.54) is 12.1 Å². The first-order valence-electron chi connectivity index (χ1n) is 4.96. The van der Waals surface area contributed by atoms with Crippen molar-refractivity contribution in [3.05, 3.63) is 29.3 Å². The normalized spacial score (nSPS) is 14.5. The molecule has 0 heterocycles. The van der Waals surface area contributed by atoms with Gasteiger partial charge >= 0.3 is 6.18 Å². The van der Waals surface area contributed by atoms with Crippen molar-refractivity contribution in [1.82, 2.24) is 0 Å². The zero-order valence-electron chi connectivity index (χ0n) is 9.11. The largest absolute Gasteiger partial charge is 0.405 e. The topological polar surface area (TPSA) is 60.2 Å². The van der Waals surface area contributed by atoms with Crippen LogP contribution < -0.4 is 5.73 Å². The van der Waals surface area contributed by atoms with Crippen LogP contribution in [-0.2, 0) is 9.84 Å². The van der Waals surface area contributed by atoms with Gasteiger partial charge in [-0.15, -0.1) is 0 Å². The Balaban J connectivity index is 3.26. The van der Waals surface area contributed by atoms with Crippen LogP contribution in [0.15, 0.2) is 29.2 Å². The molecule has 1 rings (SSSR count). The summed E-state index contributed by atoms with van der Waals surface area (Å²) in [5, 5.41) is -2.45. The van der Waals surface area contributed by atoms with Gasteiger partial charge in [0.1, 0.15) is 0 Å². The molecule has 0 aromatic heterocycles. The Morgan fingerprint density at radius 1 is 1.33 bits per heavy atom. The van der Waals surface area contributed by atoms with E-state index in [9.17, 15) is 21.6 Å². The maximum absolute atomic E-state index is 12.7. The van der Waals surface area contributed by atoms with Gasteiger partial charge in [-0.05, 0) is 31.2 Å². The molecule has 0 radical (unpaired) electrons. The van der Waals surface area contributed by atoms with E-state index < -0.39 is 32.6 Å². The standard InChI is InChI=1S/C10H11ClF3NO2S/c11-7-2-1-3-8(6-7)18(16,17)9(4-5-15)10(12,13)14/h1-3,6,9H,4-5,15H2. The fraction of sp³-hybridized carbons (Fsp3) is 0.400. The van der Waals surface area contributed by atoms with Crippen molar-refractivity contribution in [3.8, 4) is 0 Å². The molecule has 102 valence electrons. The fourth-order valence-corrected chi connectivity index (χ4v) is 3.40. The molecule has 0 saturated carbocycles. The summed E-state index contributed by atoms with van der Waals surface area (Å²) in [4.78, 5) is -0.453. The molecule has 0 aliphatic carbocycles. The molecule has 0 amide bonds. The minimum absolute atomic E-state index is 0.0600. The molecule has 0 spiro atoms. The van der Waals surface area contributed by atoms with Gasteiger partial charge in [-0.2, -0.15) is 13.2 Å². The molecular formula is C10H11ClF3NO2S. The highest BCUT2D eigenvalue weighted by molar-refractivity contribution is 7.92. The summed E-state index contributed by atoms with van der Waals surface area (Å²) in [5.74, 6) is 0. The zero-order valence-corrected chi connectivity index (χ0v) is 10.7. The zero-order chi connectivity index (χ0) is 14.0. The van der Waals surface area contributed by atoms with Crippen LogP contribution in [-0.4, -0.2) is 26.4 Å². The van der Waals surface area contributed by atoms with Gasteiger partial charge < -0.3 is 5.73 Å². The molecular weight excluding hydrogens is 291 g/mol. The Morgan fingerprint density at radius 2 is 1.94 bits per heavy atom. The predicted molar refractivity (Wildman–Crippen MR) is 62.2 cm³/mol. The van der Waals surface area contributed by atoms with Gasteiger partial charge in [0.05, 0.1) is 4.90 Å². The fourth-order valence-electron chi connectivity index (χ4n) is 1.45. The summed E-state index contributed by atoms with van der Waals surface area (Å²) in [6.45, 7) is -0.371. The summed E-state index contributed by atoms with van der Waals surface area (Å²) < 4.78 is 61.9. The van der Waals surface area contributed by atoms with Crippen LogP contribution in [0.25, 0.3) is 0 Å². The third kappa shape index (κ3) is 3.37. The minimum Gasteiger partial charge on any atom is -0.330 e. The van der Waals surface area contributed by atoms with E-state index in [0.717, 1.165) is 12.1 Å². The third-order valence-electron chi connectivity index (χ3n) is 2.29. The third-order valence-corrected chi connectivity index (χ3v) is 4.69. The van der Waals surface area contributed by atoms with Crippen LogP contribution in [0.2, 0.25) is 5.02 Å². The summed E-state index contributed by atoms with van der Waals surface area (Å²) in [6.07, 6.45) is -5.54. The van der Waals surface area contributed by atoms with Crippen molar-refractivity contribution in [2.24, 2.45) is 5.73 Å². The van der Waals surface area contributed by atoms with Crippen LogP contribution in [0, 0.1) is 0 Å². The van der Waals surface area contributed by atoms with Crippen LogP contribution in [0.3, 0.4) is 0 Å². The highest BCUT2D eigenvalue weighted by atomic mass is 35.5. The smallest absolute Gasteiger partial charge is 0.330 e. The maximum atomic E-state index is 12.7. The van der Waals surface area contributed by atoms with E-state index in [1.54, 1.807) is 0 Å². The van der Waals surface area contributed by atoms with E-state index in [-0.39, 0.29) is 11.6 Å². The number of halogens is 4. The second kappa shape index (κ2) is 5.46. The number of hydrogen-bond acceptors (Lipinski definition) is 3. The van der Waals surface area contributed by atoms with E-state index in [1.807, 2.05) is 0 Å². The van der Waals surface area contributed by atoms with Crippen molar-refractivity contribution in [3.63, 3.8) is 0 Å². The van der Waals surface area contributed by atoms with E-state index in [0.29, 0.717) is 0 Å². The van der Waals surface area contributed by atoms with Gasteiger partial charge in [-0.1, -0.05) is 17.7 Å². The number of hydrogen-bond donors (Lipinski definition) is 1. The molecule has 0 fully saturated rings. The SMILES string of the molecule is NCCC(C(F)(F)F)S(=O)(=O)c1cccc(Cl)c1. The summed E-state index contributed by atoms with van der Waals surface area (Å²) in [7, 11) is -4.53. The molecule has 0 aliphatic rings. The molecule has 2 N–H and O–H groups in total. The lowest BCUT2D eigenvalue weighted by molar-refractivity contribution is -0.131. The lowest BCUT2D eigenvalue weighted by Crippen LogP contribution is -2.38. The number of rotatable bonds is 4. The summed E-state index contributed by atoms with van der Waals surface area (Å²) >= 11 is 5.58. The van der Waals surface area contributed by atoms with Gasteiger partial charge in [-0.25, -0.2) is 8.42 Å². The van der Waals surface area contributed by atoms with E-state index >= 15 is 0 Å². The molecule has 1 aromatic rings. The van der Waals surface area contributed by atoms with Gasteiger partial charge in [0.15, 0.2) is 15.1 Å². The van der Waals surface area contributed by atoms with Crippen molar-refractivity contribution < 1.29 is 21.6 Å². The number of nitrogens with two attached hydrogens (primary N) is 1. The molecule has 1 unspecified atom stereocenters. The quantitative estimate of drug-likeness (QED) is 0.929. The Kier molecular flexibility index (Phi) is 4.63. The first-order chi connectivity index (χ1) is 8.19. The Bertz CT molecular complexity index is 516.